The summed E-state index contributed by atoms with van der Waals surface area (Å²) in [5.74, 6) is 0.717. The van der Waals surface area contributed by atoms with Crippen molar-refractivity contribution in [2.24, 2.45) is 7.05 Å². The molecule has 0 N–H and O–H groups in total. The Labute approximate surface area is 177 Å². The quantitative estimate of drug-likeness (QED) is 0.567. The maximum Gasteiger partial charge on any atom is 0.274 e. The second kappa shape index (κ2) is 8.79. The molecule has 0 radical (unpaired) electrons. The third kappa shape index (κ3) is 5.04. The molecule has 0 atom stereocenters. The van der Waals surface area contributed by atoms with E-state index in [0.717, 1.165) is 29.9 Å². The van der Waals surface area contributed by atoms with Crippen molar-refractivity contribution in [3.05, 3.63) is 64.7 Å². The summed E-state index contributed by atoms with van der Waals surface area (Å²) in [4.78, 5) is 17.0. The molecule has 3 aromatic rings. The van der Waals surface area contributed by atoms with Gasteiger partial charge in [0, 0.05) is 62.2 Å². The van der Waals surface area contributed by atoms with Gasteiger partial charge in [0.1, 0.15) is 5.75 Å². The van der Waals surface area contributed by atoms with Gasteiger partial charge in [-0.15, -0.1) is 0 Å². The van der Waals surface area contributed by atoms with E-state index in [1.807, 2.05) is 53.3 Å². The van der Waals surface area contributed by atoms with Gasteiger partial charge >= 0.3 is 0 Å². The number of rotatable bonds is 6. The third-order valence-electron chi connectivity index (χ3n) is 4.86. The van der Waals surface area contributed by atoms with Crippen molar-refractivity contribution in [2.75, 3.05) is 26.2 Å². The Balaban J connectivity index is 1.27. The van der Waals surface area contributed by atoms with Gasteiger partial charge in [-0.05, 0) is 30.3 Å². The number of halogens is 1. The second-order valence-corrected chi connectivity index (χ2v) is 7.97. The maximum absolute atomic E-state index is 12.8. The average Bonchev–Trinajstić information content (AvgIpc) is 3.37. The molecule has 1 amide bonds. The molecule has 9 heteroatoms. The fourth-order valence-electron chi connectivity index (χ4n) is 3.30. The summed E-state index contributed by atoms with van der Waals surface area (Å²) in [5.41, 5.74) is 1.64. The average molecular weight is 459 g/mol. The number of carbonyl (C=O) groups is 1. The summed E-state index contributed by atoms with van der Waals surface area (Å²) in [6.45, 7) is 4.19. The van der Waals surface area contributed by atoms with Crippen molar-refractivity contribution >= 4 is 21.8 Å². The number of carbonyl (C=O) groups excluding carboxylic acids is 1. The molecule has 1 fully saturated rings. The zero-order chi connectivity index (χ0) is 20.2. The van der Waals surface area contributed by atoms with Crippen LogP contribution in [0.4, 0.5) is 0 Å². The van der Waals surface area contributed by atoms with Gasteiger partial charge in [0.25, 0.3) is 5.91 Å². The van der Waals surface area contributed by atoms with E-state index >= 15 is 0 Å². The van der Waals surface area contributed by atoms with Gasteiger partial charge in [0.15, 0.2) is 12.4 Å². The number of ether oxygens (including phenoxy) is 1. The number of hydrogen-bond donors (Lipinski definition) is 0. The van der Waals surface area contributed by atoms with Crippen LogP contribution in [0.3, 0.4) is 0 Å². The number of piperazine rings is 1. The van der Waals surface area contributed by atoms with Gasteiger partial charge < -0.3 is 9.64 Å². The first-order valence-corrected chi connectivity index (χ1v) is 10.3. The molecule has 1 saturated heterocycles. The summed E-state index contributed by atoms with van der Waals surface area (Å²) >= 11 is 3.40. The molecule has 8 nitrogen and oxygen atoms in total. The van der Waals surface area contributed by atoms with Gasteiger partial charge in [-0.25, -0.2) is 4.68 Å². The Morgan fingerprint density at radius 2 is 1.90 bits per heavy atom. The van der Waals surface area contributed by atoms with Crippen LogP contribution in [-0.4, -0.2) is 61.4 Å². The SMILES string of the molecule is Cn1cc(CN2CCN(C(=O)c3ccn(COc4ccc(Br)cc4)n3)CC2)cn1. The molecule has 0 aliphatic carbocycles. The molecule has 1 aliphatic rings. The molecule has 4 rings (SSSR count). The van der Waals surface area contributed by atoms with Crippen molar-refractivity contribution in [2.45, 2.75) is 13.3 Å². The van der Waals surface area contributed by atoms with E-state index in [9.17, 15) is 4.79 Å². The molecule has 0 saturated carbocycles. The number of benzene rings is 1. The summed E-state index contributed by atoms with van der Waals surface area (Å²) in [5, 5.41) is 8.58. The van der Waals surface area contributed by atoms with Gasteiger partial charge in [-0.3, -0.25) is 14.4 Å². The number of aryl methyl sites for hydroxylation is 1. The Morgan fingerprint density at radius 1 is 1.14 bits per heavy atom. The lowest BCUT2D eigenvalue weighted by molar-refractivity contribution is 0.0621. The van der Waals surface area contributed by atoms with Crippen LogP contribution >= 0.6 is 15.9 Å². The lowest BCUT2D eigenvalue weighted by Crippen LogP contribution is -2.48. The van der Waals surface area contributed by atoms with Crippen molar-refractivity contribution in [3.63, 3.8) is 0 Å². The van der Waals surface area contributed by atoms with Crippen molar-refractivity contribution < 1.29 is 9.53 Å². The van der Waals surface area contributed by atoms with E-state index in [4.69, 9.17) is 4.74 Å². The topological polar surface area (TPSA) is 68.4 Å². The molecule has 152 valence electrons. The Bertz CT molecular complexity index is 960. The Hall–Kier alpha value is -2.65. The number of aromatic nitrogens is 4. The molecule has 29 heavy (non-hydrogen) atoms. The van der Waals surface area contributed by atoms with Crippen molar-refractivity contribution in [3.8, 4) is 5.75 Å². The molecular formula is C20H23BrN6O2. The highest BCUT2D eigenvalue weighted by Gasteiger charge is 2.23. The van der Waals surface area contributed by atoms with Crippen LogP contribution in [0.5, 0.6) is 5.75 Å². The summed E-state index contributed by atoms with van der Waals surface area (Å²) in [6, 6.07) is 9.34. The minimum absolute atomic E-state index is 0.0339. The van der Waals surface area contributed by atoms with Crippen LogP contribution in [0, 0.1) is 0 Å². The largest absolute Gasteiger partial charge is 0.471 e. The first kappa shape index (κ1) is 19.7. The summed E-state index contributed by atoms with van der Waals surface area (Å²) in [7, 11) is 1.92. The number of nitrogens with zero attached hydrogens (tertiary/aromatic N) is 6. The van der Waals surface area contributed by atoms with Crippen LogP contribution in [0.15, 0.2) is 53.4 Å². The smallest absolute Gasteiger partial charge is 0.274 e. The molecule has 0 bridgehead atoms. The maximum atomic E-state index is 12.8. The minimum Gasteiger partial charge on any atom is -0.471 e. The zero-order valence-corrected chi connectivity index (χ0v) is 17.8. The first-order chi connectivity index (χ1) is 14.1. The van der Waals surface area contributed by atoms with Gasteiger partial charge in [0.05, 0.1) is 6.20 Å². The van der Waals surface area contributed by atoms with Crippen LogP contribution in [-0.2, 0) is 20.3 Å². The van der Waals surface area contributed by atoms with E-state index in [-0.39, 0.29) is 12.6 Å². The predicted molar refractivity (Wildman–Crippen MR) is 111 cm³/mol. The van der Waals surface area contributed by atoms with E-state index in [2.05, 4.69) is 31.0 Å². The molecular weight excluding hydrogens is 436 g/mol. The highest BCUT2D eigenvalue weighted by molar-refractivity contribution is 9.10. The molecule has 0 spiro atoms. The van der Waals surface area contributed by atoms with E-state index in [1.54, 1.807) is 16.9 Å². The normalized spacial score (nSPS) is 14.9. The highest BCUT2D eigenvalue weighted by Crippen LogP contribution is 2.16. The predicted octanol–water partition coefficient (Wildman–Crippen LogP) is 2.37. The highest BCUT2D eigenvalue weighted by atomic mass is 79.9. The van der Waals surface area contributed by atoms with Crippen molar-refractivity contribution in [1.82, 2.24) is 29.4 Å². The third-order valence-corrected chi connectivity index (χ3v) is 5.39. The van der Waals surface area contributed by atoms with E-state index in [1.165, 1.54) is 5.56 Å². The summed E-state index contributed by atoms with van der Waals surface area (Å²) in [6.07, 6.45) is 5.69. The molecule has 1 aromatic carbocycles. The molecule has 3 heterocycles. The zero-order valence-electron chi connectivity index (χ0n) is 16.2. The monoisotopic (exact) mass is 458 g/mol. The second-order valence-electron chi connectivity index (χ2n) is 7.06. The molecule has 1 aliphatic heterocycles. The Kier molecular flexibility index (Phi) is 5.96. The van der Waals surface area contributed by atoms with Crippen molar-refractivity contribution in [1.29, 1.82) is 0 Å². The van der Waals surface area contributed by atoms with Gasteiger partial charge in [0.2, 0.25) is 0 Å². The minimum atomic E-state index is -0.0339. The molecule has 0 unspecified atom stereocenters. The van der Waals surface area contributed by atoms with E-state index < -0.39 is 0 Å². The standard InChI is InChI=1S/C20H23BrN6O2/c1-24-13-16(12-22-24)14-25-8-10-26(11-9-25)20(28)19-6-7-27(23-19)15-29-18-4-2-17(21)3-5-18/h2-7,12-13H,8-11,14-15H2,1H3. The van der Waals surface area contributed by atoms with Crippen LogP contribution < -0.4 is 4.74 Å². The Morgan fingerprint density at radius 3 is 2.59 bits per heavy atom. The van der Waals surface area contributed by atoms with Crippen LogP contribution in [0.25, 0.3) is 0 Å². The van der Waals surface area contributed by atoms with Crippen LogP contribution in [0.2, 0.25) is 0 Å². The van der Waals surface area contributed by atoms with Gasteiger partial charge in [-0.2, -0.15) is 10.2 Å². The van der Waals surface area contributed by atoms with Crippen LogP contribution in [0.1, 0.15) is 16.1 Å². The van der Waals surface area contributed by atoms with Gasteiger partial charge in [-0.1, -0.05) is 15.9 Å². The number of amides is 1. The lowest BCUT2D eigenvalue weighted by atomic mass is 10.2. The first-order valence-electron chi connectivity index (χ1n) is 9.48. The number of hydrogen-bond acceptors (Lipinski definition) is 5. The molecule has 2 aromatic heterocycles. The fourth-order valence-corrected chi connectivity index (χ4v) is 3.57. The summed E-state index contributed by atoms with van der Waals surface area (Å²) < 4.78 is 10.1. The fraction of sp³-hybridized carbons (Fsp3) is 0.350. The lowest BCUT2D eigenvalue weighted by Gasteiger charge is -2.34. The van der Waals surface area contributed by atoms with E-state index in [0.29, 0.717) is 18.8 Å².